The first-order valence-electron chi connectivity index (χ1n) is 9.59. The minimum Gasteiger partial charge on any atom is -0.497 e. The van der Waals surface area contributed by atoms with E-state index < -0.39 is 0 Å². The molecule has 0 bridgehead atoms. The Labute approximate surface area is 163 Å². The van der Waals surface area contributed by atoms with E-state index in [1.54, 1.807) is 7.11 Å². The lowest BCUT2D eigenvalue weighted by Crippen LogP contribution is -2.38. The second-order valence-corrected chi connectivity index (χ2v) is 7.22. The molecule has 2 aromatic carbocycles. The van der Waals surface area contributed by atoms with Crippen LogP contribution in [0.25, 0.3) is 10.9 Å². The maximum absolute atomic E-state index is 12.3. The summed E-state index contributed by atoms with van der Waals surface area (Å²) in [6.07, 6.45) is 1.64. The lowest BCUT2D eigenvalue weighted by molar-refractivity contribution is 0.154. The van der Waals surface area contributed by atoms with E-state index in [4.69, 9.17) is 4.74 Å². The summed E-state index contributed by atoms with van der Waals surface area (Å²) in [5.74, 6) is 0.761. The molecule has 4 rings (SSSR count). The quantitative estimate of drug-likeness (QED) is 0.635. The van der Waals surface area contributed by atoms with Crippen LogP contribution < -0.4 is 20.5 Å². The van der Waals surface area contributed by atoms with Crippen LogP contribution in [0.4, 0.5) is 11.4 Å². The number of β-amino-alcohol motifs (C(OH)–C–C–N with tert-alkyl or cyclic N) is 1. The Kier molecular flexibility index (Phi) is 5.21. The van der Waals surface area contributed by atoms with Crippen molar-refractivity contribution in [3.63, 3.8) is 0 Å². The van der Waals surface area contributed by atoms with E-state index in [0.717, 1.165) is 47.4 Å². The number of ether oxygens (including phenoxy) is 1. The first kappa shape index (κ1) is 18.4. The van der Waals surface area contributed by atoms with E-state index in [1.807, 2.05) is 36.4 Å². The van der Waals surface area contributed by atoms with Crippen molar-refractivity contribution in [1.82, 2.24) is 4.98 Å². The molecular weight excluding hydrogens is 354 g/mol. The van der Waals surface area contributed by atoms with Crippen molar-refractivity contribution in [3.8, 4) is 5.75 Å². The Hall–Kier alpha value is -2.99. The topological polar surface area (TPSA) is 77.6 Å². The molecule has 6 nitrogen and oxygen atoms in total. The van der Waals surface area contributed by atoms with Crippen LogP contribution in [0.3, 0.4) is 0 Å². The molecule has 1 saturated heterocycles. The van der Waals surface area contributed by atoms with Gasteiger partial charge in [0.25, 0.3) is 5.56 Å². The molecule has 146 valence electrons. The van der Waals surface area contributed by atoms with Crippen molar-refractivity contribution >= 4 is 22.3 Å². The highest BCUT2D eigenvalue weighted by Crippen LogP contribution is 2.23. The van der Waals surface area contributed by atoms with E-state index in [0.29, 0.717) is 18.7 Å². The van der Waals surface area contributed by atoms with Crippen LogP contribution in [0.1, 0.15) is 18.4 Å². The molecule has 28 heavy (non-hydrogen) atoms. The minimum atomic E-state index is -0.246. The largest absolute Gasteiger partial charge is 0.497 e. The van der Waals surface area contributed by atoms with Crippen molar-refractivity contribution in [2.24, 2.45) is 0 Å². The lowest BCUT2D eigenvalue weighted by Gasteiger charge is -2.32. The summed E-state index contributed by atoms with van der Waals surface area (Å²) < 4.78 is 5.26. The maximum Gasteiger partial charge on any atom is 0.253 e. The van der Waals surface area contributed by atoms with Gasteiger partial charge < -0.3 is 25.0 Å². The number of H-pyrrole nitrogens is 1. The van der Waals surface area contributed by atoms with Gasteiger partial charge in [-0.25, -0.2) is 0 Å². The molecule has 1 aliphatic heterocycles. The zero-order valence-corrected chi connectivity index (χ0v) is 15.9. The highest BCUT2D eigenvalue weighted by Gasteiger charge is 2.17. The third kappa shape index (κ3) is 3.97. The summed E-state index contributed by atoms with van der Waals surface area (Å²) in [6, 6.07) is 15.6. The SMILES string of the molecule is COc1ccc2[nH]c(=O)c(CNc3ccc(N4CCC[C@@H](O)C4)cc3)cc2c1. The van der Waals surface area contributed by atoms with E-state index in [9.17, 15) is 9.90 Å². The predicted molar refractivity (Wildman–Crippen MR) is 112 cm³/mol. The fourth-order valence-corrected chi connectivity index (χ4v) is 3.66. The molecule has 3 aromatic rings. The number of pyridine rings is 1. The average molecular weight is 379 g/mol. The summed E-state index contributed by atoms with van der Waals surface area (Å²) in [6.45, 7) is 2.09. The third-order valence-corrected chi connectivity index (χ3v) is 5.24. The van der Waals surface area contributed by atoms with Gasteiger partial charge in [-0.2, -0.15) is 0 Å². The first-order chi connectivity index (χ1) is 13.6. The summed E-state index contributed by atoms with van der Waals surface area (Å²) in [4.78, 5) is 17.5. The van der Waals surface area contributed by atoms with Gasteiger partial charge in [-0.1, -0.05) is 0 Å². The highest BCUT2D eigenvalue weighted by atomic mass is 16.5. The molecule has 3 N–H and O–H groups in total. The molecular formula is C22H25N3O3. The van der Waals surface area contributed by atoms with Gasteiger partial charge in [0.2, 0.25) is 0 Å². The molecule has 1 aromatic heterocycles. The fourth-order valence-electron chi connectivity index (χ4n) is 3.66. The fraction of sp³-hybridized carbons (Fsp3) is 0.318. The Bertz CT molecular complexity index is 1010. The molecule has 6 heteroatoms. The maximum atomic E-state index is 12.3. The summed E-state index contributed by atoms with van der Waals surface area (Å²) >= 11 is 0. The Morgan fingerprint density at radius 3 is 2.79 bits per heavy atom. The zero-order chi connectivity index (χ0) is 19.5. The monoisotopic (exact) mass is 379 g/mol. The molecule has 1 atom stereocenters. The van der Waals surface area contributed by atoms with Crippen molar-refractivity contribution < 1.29 is 9.84 Å². The van der Waals surface area contributed by atoms with Gasteiger partial charge in [0.1, 0.15) is 5.75 Å². The number of anilines is 2. The second kappa shape index (κ2) is 7.94. The minimum absolute atomic E-state index is 0.0934. The lowest BCUT2D eigenvalue weighted by atomic mass is 10.1. The molecule has 0 radical (unpaired) electrons. The molecule has 0 saturated carbocycles. The first-order valence-corrected chi connectivity index (χ1v) is 9.59. The van der Waals surface area contributed by atoms with E-state index in [2.05, 4.69) is 27.3 Å². The summed E-state index contributed by atoms with van der Waals surface area (Å²) in [5.41, 5.74) is 3.43. The average Bonchev–Trinajstić information content (AvgIpc) is 2.72. The van der Waals surface area contributed by atoms with E-state index in [-0.39, 0.29) is 11.7 Å². The number of benzene rings is 2. The van der Waals surface area contributed by atoms with Crippen molar-refractivity contribution in [2.45, 2.75) is 25.5 Å². The zero-order valence-electron chi connectivity index (χ0n) is 15.9. The normalized spacial score (nSPS) is 16.9. The molecule has 1 aliphatic rings. The van der Waals surface area contributed by atoms with Gasteiger partial charge in [0, 0.05) is 47.5 Å². The number of fused-ring (bicyclic) bond motifs is 1. The number of aliphatic hydroxyl groups excluding tert-OH is 1. The van der Waals surface area contributed by atoms with Gasteiger partial charge in [0.05, 0.1) is 13.2 Å². The summed E-state index contributed by atoms with van der Waals surface area (Å²) in [5, 5.41) is 14.1. The Morgan fingerprint density at radius 2 is 2.04 bits per heavy atom. The number of nitrogens with zero attached hydrogens (tertiary/aromatic N) is 1. The van der Waals surface area contributed by atoms with Gasteiger partial charge in [-0.3, -0.25) is 4.79 Å². The number of aromatic amines is 1. The molecule has 0 amide bonds. The van der Waals surface area contributed by atoms with Gasteiger partial charge in [-0.05, 0) is 61.4 Å². The number of piperidine rings is 1. The molecule has 0 aliphatic carbocycles. The number of hydrogen-bond acceptors (Lipinski definition) is 5. The Morgan fingerprint density at radius 1 is 1.21 bits per heavy atom. The molecule has 2 heterocycles. The third-order valence-electron chi connectivity index (χ3n) is 5.24. The van der Waals surface area contributed by atoms with Crippen LogP contribution in [0.2, 0.25) is 0 Å². The number of methoxy groups -OCH3 is 1. The standard InChI is InChI=1S/C22H25N3O3/c1-28-20-8-9-21-15(12-20)11-16(22(27)24-21)13-23-17-4-6-18(7-5-17)25-10-2-3-19(26)14-25/h4-9,11-12,19,23,26H,2-3,10,13-14H2,1H3,(H,24,27)/t19-/m1/s1. The van der Waals surface area contributed by atoms with E-state index in [1.165, 1.54) is 0 Å². The molecule has 0 unspecified atom stereocenters. The Balaban J connectivity index is 1.46. The van der Waals surface area contributed by atoms with Gasteiger partial charge >= 0.3 is 0 Å². The van der Waals surface area contributed by atoms with E-state index >= 15 is 0 Å². The predicted octanol–water partition coefficient (Wildman–Crippen LogP) is 3.11. The van der Waals surface area contributed by atoms with Crippen LogP contribution in [-0.2, 0) is 6.54 Å². The van der Waals surface area contributed by atoms with Crippen LogP contribution in [0.5, 0.6) is 5.75 Å². The highest BCUT2D eigenvalue weighted by molar-refractivity contribution is 5.80. The number of aliphatic hydroxyl groups is 1. The molecule has 1 fully saturated rings. The number of nitrogens with one attached hydrogen (secondary N) is 2. The van der Waals surface area contributed by atoms with Crippen LogP contribution >= 0.6 is 0 Å². The number of aromatic nitrogens is 1. The van der Waals surface area contributed by atoms with Crippen LogP contribution in [0, 0.1) is 0 Å². The smallest absolute Gasteiger partial charge is 0.253 e. The van der Waals surface area contributed by atoms with Crippen molar-refractivity contribution in [2.75, 3.05) is 30.4 Å². The van der Waals surface area contributed by atoms with Crippen LogP contribution in [0.15, 0.2) is 53.3 Å². The number of hydrogen-bond donors (Lipinski definition) is 3. The van der Waals surface area contributed by atoms with Gasteiger partial charge in [-0.15, -0.1) is 0 Å². The van der Waals surface area contributed by atoms with Crippen molar-refractivity contribution in [1.29, 1.82) is 0 Å². The number of rotatable bonds is 5. The second-order valence-electron chi connectivity index (χ2n) is 7.22. The van der Waals surface area contributed by atoms with Gasteiger partial charge in [0.15, 0.2) is 0 Å². The van der Waals surface area contributed by atoms with Crippen LogP contribution in [-0.4, -0.2) is 36.4 Å². The van der Waals surface area contributed by atoms with Crippen molar-refractivity contribution in [3.05, 3.63) is 64.4 Å². The molecule has 0 spiro atoms. The summed E-state index contributed by atoms with van der Waals surface area (Å²) in [7, 11) is 1.63.